The lowest BCUT2D eigenvalue weighted by molar-refractivity contribution is -0.144. The number of ether oxygens (including phenoxy) is 1. The summed E-state index contributed by atoms with van der Waals surface area (Å²) in [7, 11) is 0. The van der Waals surface area contributed by atoms with Crippen molar-refractivity contribution < 1.29 is 24.2 Å². The van der Waals surface area contributed by atoms with Crippen LogP contribution in [0.1, 0.15) is 39.2 Å². The molecule has 2 aliphatic heterocycles. The number of carbonyl (C=O) groups excluding carboxylic acids is 2. The highest BCUT2D eigenvalue weighted by Gasteiger charge is 2.54. The molecule has 2 heterocycles. The molecule has 0 saturated carbocycles. The minimum Gasteiger partial charge on any atom is -0.480 e. The normalized spacial score (nSPS) is 19.4. The van der Waals surface area contributed by atoms with Gasteiger partial charge in [0.2, 0.25) is 5.91 Å². The first kappa shape index (κ1) is 22.1. The van der Waals surface area contributed by atoms with Crippen LogP contribution in [0.5, 0.6) is 0 Å². The van der Waals surface area contributed by atoms with Crippen molar-refractivity contribution in [3.05, 3.63) is 35.9 Å². The van der Waals surface area contributed by atoms with E-state index in [4.69, 9.17) is 4.74 Å². The van der Waals surface area contributed by atoms with Gasteiger partial charge in [0.05, 0.1) is 6.67 Å². The first-order valence-electron chi connectivity index (χ1n) is 10.4. The number of carbonyl (C=O) groups is 3. The highest BCUT2D eigenvalue weighted by atomic mass is 16.6. The van der Waals surface area contributed by atoms with E-state index < -0.39 is 17.1 Å². The van der Waals surface area contributed by atoms with Gasteiger partial charge in [0, 0.05) is 19.6 Å². The van der Waals surface area contributed by atoms with Gasteiger partial charge in [0.1, 0.15) is 17.7 Å². The summed E-state index contributed by atoms with van der Waals surface area (Å²) in [4.78, 5) is 42.0. The average molecular weight is 418 g/mol. The van der Waals surface area contributed by atoms with Gasteiger partial charge in [-0.05, 0) is 45.6 Å². The van der Waals surface area contributed by atoms with Crippen LogP contribution in [0.2, 0.25) is 0 Å². The molecule has 0 bridgehead atoms. The lowest BCUT2D eigenvalue weighted by Gasteiger charge is -2.42. The maximum absolute atomic E-state index is 13.2. The third-order valence-corrected chi connectivity index (χ3v) is 5.71. The molecule has 0 radical (unpaired) electrons. The number of hydrogen-bond acceptors (Lipinski definition) is 5. The van der Waals surface area contributed by atoms with Crippen molar-refractivity contribution in [3.63, 3.8) is 0 Å². The average Bonchev–Trinajstić information content (AvgIpc) is 2.91. The van der Waals surface area contributed by atoms with E-state index in [1.54, 1.807) is 4.90 Å². The fourth-order valence-electron chi connectivity index (χ4n) is 4.23. The molecular formula is C22H31N3O5. The number of benzene rings is 1. The molecule has 8 heteroatoms. The molecule has 2 amide bonds. The van der Waals surface area contributed by atoms with Crippen molar-refractivity contribution in [3.8, 4) is 0 Å². The molecule has 0 unspecified atom stereocenters. The summed E-state index contributed by atoms with van der Waals surface area (Å²) in [6.45, 7) is 6.93. The first-order valence-corrected chi connectivity index (χ1v) is 10.4. The zero-order chi connectivity index (χ0) is 21.9. The largest absolute Gasteiger partial charge is 0.480 e. The minimum absolute atomic E-state index is 0.151. The molecule has 0 atom stereocenters. The molecular weight excluding hydrogens is 386 g/mol. The summed E-state index contributed by atoms with van der Waals surface area (Å²) in [5.41, 5.74) is -0.166. The maximum atomic E-state index is 13.2. The molecule has 2 saturated heterocycles. The Labute approximate surface area is 177 Å². The summed E-state index contributed by atoms with van der Waals surface area (Å²) < 4.78 is 5.46. The number of piperidine rings is 1. The van der Waals surface area contributed by atoms with Gasteiger partial charge in [-0.15, -0.1) is 0 Å². The van der Waals surface area contributed by atoms with Crippen molar-refractivity contribution in [2.75, 3.05) is 32.8 Å². The van der Waals surface area contributed by atoms with Crippen molar-refractivity contribution >= 4 is 18.0 Å². The highest BCUT2D eigenvalue weighted by Crippen LogP contribution is 2.36. The van der Waals surface area contributed by atoms with Crippen molar-refractivity contribution in [2.45, 2.75) is 51.2 Å². The van der Waals surface area contributed by atoms with Gasteiger partial charge in [-0.2, -0.15) is 0 Å². The number of aliphatic carboxylic acids is 1. The SMILES string of the molecule is CC(C)(C)OC(=O)N1CCC2(CC1)C(=O)N(CC(=O)O)CN2CCc1ccccc1. The topological polar surface area (TPSA) is 90.4 Å². The van der Waals surface area contributed by atoms with Crippen molar-refractivity contribution in [1.82, 2.24) is 14.7 Å². The summed E-state index contributed by atoms with van der Waals surface area (Å²) in [6, 6.07) is 10.0. The van der Waals surface area contributed by atoms with Crippen LogP contribution in [-0.2, 0) is 20.7 Å². The predicted octanol–water partition coefficient (Wildman–Crippen LogP) is 2.19. The molecule has 2 aliphatic rings. The number of carboxylic acids is 1. The van der Waals surface area contributed by atoms with Crippen LogP contribution < -0.4 is 0 Å². The van der Waals surface area contributed by atoms with Gasteiger partial charge in [-0.25, -0.2) is 4.79 Å². The zero-order valence-corrected chi connectivity index (χ0v) is 18.0. The Bertz CT molecular complexity index is 782. The van der Waals surface area contributed by atoms with Crippen molar-refractivity contribution in [1.29, 1.82) is 0 Å². The van der Waals surface area contributed by atoms with Gasteiger partial charge < -0.3 is 19.6 Å². The highest BCUT2D eigenvalue weighted by molar-refractivity contribution is 5.91. The molecule has 1 N–H and O–H groups in total. The Kier molecular flexibility index (Phi) is 6.36. The van der Waals surface area contributed by atoms with Gasteiger partial charge in [-0.1, -0.05) is 30.3 Å². The number of nitrogens with zero attached hydrogens (tertiary/aromatic N) is 3. The first-order chi connectivity index (χ1) is 14.1. The van der Waals surface area contributed by atoms with Crippen LogP contribution in [0.15, 0.2) is 30.3 Å². The van der Waals surface area contributed by atoms with Gasteiger partial charge in [0.15, 0.2) is 0 Å². The van der Waals surface area contributed by atoms with E-state index in [-0.39, 0.29) is 18.5 Å². The molecule has 2 fully saturated rings. The van der Waals surface area contributed by atoms with Crippen molar-refractivity contribution in [2.24, 2.45) is 0 Å². The fraction of sp³-hybridized carbons (Fsp3) is 0.591. The quantitative estimate of drug-likeness (QED) is 0.790. The molecule has 0 aromatic heterocycles. The Morgan fingerprint density at radius 3 is 2.33 bits per heavy atom. The van der Waals surface area contributed by atoms with Crippen LogP contribution in [0.4, 0.5) is 4.79 Å². The third-order valence-electron chi connectivity index (χ3n) is 5.71. The molecule has 3 rings (SSSR count). The molecule has 1 aromatic carbocycles. The monoisotopic (exact) mass is 417 g/mol. The second-order valence-corrected chi connectivity index (χ2v) is 9.04. The van der Waals surface area contributed by atoms with E-state index in [2.05, 4.69) is 4.90 Å². The van der Waals surface area contributed by atoms with Crippen LogP contribution in [0.25, 0.3) is 0 Å². The van der Waals surface area contributed by atoms with Crippen LogP contribution >= 0.6 is 0 Å². The van der Waals surface area contributed by atoms with E-state index in [1.165, 1.54) is 10.5 Å². The molecule has 1 aromatic rings. The Balaban J connectivity index is 1.72. The van der Waals surface area contributed by atoms with Crippen LogP contribution in [-0.4, -0.2) is 81.8 Å². The van der Waals surface area contributed by atoms with Gasteiger partial charge >= 0.3 is 12.1 Å². The fourth-order valence-corrected chi connectivity index (χ4v) is 4.23. The number of likely N-dealkylation sites (tertiary alicyclic amines) is 1. The minimum atomic E-state index is -1.02. The Morgan fingerprint density at radius 1 is 1.13 bits per heavy atom. The number of hydrogen-bond donors (Lipinski definition) is 1. The number of rotatable bonds is 5. The summed E-state index contributed by atoms with van der Waals surface area (Å²) in [5.74, 6) is -1.17. The van der Waals surface area contributed by atoms with Crippen LogP contribution in [0, 0.1) is 0 Å². The van der Waals surface area contributed by atoms with E-state index in [9.17, 15) is 19.5 Å². The lowest BCUT2D eigenvalue weighted by Crippen LogP contribution is -2.57. The number of carboxylic acid groups (broad SMARTS) is 1. The maximum Gasteiger partial charge on any atom is 0.410 e. The van der Waals surface area contributed by atoms with Gasteiger partial charge in [-0.3, -0.25) is 14.5 Å². The second kappa shape index (κ2) is 8.63. The standard InChI is InChI=1S/C22H31N3O5/c1-21(2,3)30-20(29)23-13-10-22(11-14-23)19(28)24(15-18(26)27)16-25(22)12-9-17-7-5-4-6-8-17/h4-8H,9-16H2,1-3H3,(H,26,27). The van der Waals surface area contributed by atoms with E-state index >= 15 is 0 Å². The molecule has 0 aliphatic carbocycles. The lowest BCUT2D eigenvalue weighted by atomic mass is 9.85. The molecule has 164 valence electrons. The van der Waals surface area contributed by atoms with Gasteiger partial charge in [0.25, 0.3) is 0 Å². The summed E-state index contributed by atoms with van der Waals surface area (Å²) in [6.07, 6.45) is 1.33. The molecule has 1 spiro atoms. The number of amides is 2. The summed E-state index contributed by atoms with van der Waals surface area (Å²) >= 11 is 0. The molecule has 8 nitrogen and oxygen atoms in total. The Morgan fingerprint density at radius 2 is 1.77 bits per heavy atom. The zero-order valence-electron chi connectivity index (χ0n) is 18.0. The second-order valence-electron chi connectivity index (χ2n) is 9.04. The third kappa shape index (κ3) is 4.92. The predicted molar refractivity (Wildman–Crippen MR) is 111 cm³/mol. The van der Waals surface area contributed by atoms with E-state index in [0.29, 0.717) is 39.1 Å². The molecule has 30 heavy (non-hydrogen) atoms. The van der Waals surface area contributed by atoms with E-state index in [0.717, 1.165) is 6.42 Å². The summed E-state index contributed by atoms with van der Waals surface area (Å²) in [5, 5.41) is 9.21. The Hall–Kier alpha value is -2.61. The van der Waals surface area contributed by atoms with E-state index in [1.807, 2.05) is 51.1 Å². The van der Waals surface area contributed by atoms with Crippen LogP contribution in [0.3, 0.4) is 0 Å². The smallest absolute Gasteiger partial charge is 0.410 e.